The molecule has 0 aromatic heterocycles. The highest BCUT2D eigenvalue weighted by Gasteiger charge is 2.41. The fourth-order valence-electron chi connectivity index (χ4n) is 3.57. The zero-order valence-corrected chi connectivity index (χ0v) is 17.3. The van der Waals surface area contributed by atoms with Gasteiger partial charge < -0.3 is 19.9 Å². The maximum Gasteiger partial charge on any atom is 0.246 e. The van der Waals surface area contributed by atoms with E-state index in [9.17, 15) is 4.79 Å². The third kappa shape index (κ3) is 4.53. The average Bonchev–Trinajstić information content (AvgIpc) is 2.80. The van der Waals surface area contributed by atoms with E-state index in [1.165, 1.54) is 0 Å². The molecule has 3 aromatic carbocycles. The van der Waals surface area contributed by atoms with Gasteiger partial charge in [-0.15, -0.1) is 0 Å². The van der Waals surface area contributed by atoms with Gasteiger partial charge in [0, 0.05) is 20.1 Å². The Morgan fingerprint density at radius 3 is 1.77 bits per heavy atom. The molecule has 1 unspecified atom stereocenters. The number of primary amides is 1. The first-order chi connectivity index (χ1) is 14.6. The van der Waals surface area contributed by atoms with Gasteiger partial charge in [-0.3, -0.25) is 4.79 Å². The van der Waals surface area contributed by atoms with Gasteiger partial charge in [0.05, 0.1) is 7.11 Å². The highest BCUT2D eigenvalue weighted by molar-refractivity contribution is 5.79. The van der Waals surface area contributed by atoms with Crippen LogP contribution in [0.4, 0.5) is 0 Å². The second-order valence-corrected chi connectivity index (χ2v) is 6.93. The van der Waals surface area contributed by atoms with Gasteiger partial charge in [0.2, 0.25) is 5.91 Å². The standard InChI is InChI=1S/C25H27NO4/c1-28-18-17-23(24(26)27)30-25(19-9-5-3-6-10-19,20-11-7-4-8-12-20)21-13-15-22(29-2)16-14-21/h3-16,23H,17-18H2,1-2H3,(H2,26,27). The number of hydrogen-bond acceptors (Lipinski definition) is 4. The SMILES string of the molecule is COCCC(OC(c1ccccc1)(c1ccccc1)c1ccc(OC)cc1)C(N)=O. The molecule has 0 saturated carbocycles. The molecule has 30 heavy (non-hydrogen) atoms. The Hall–Kier alpha value is -3.15. The van der Waals surface area contributed by atoms with E-state index < -0.39 is 17.6 Å². The molecular formula is C25H27NO4. The molecule has 0 aliphatic carbocycles. The number of rotatable bonds is 10. The van der Waals surface area contributed by atoms with Crippen LogP contribution in [0.3, 0.4) is 0 Å². The summed E-state index contributed by atoms with van der Waals surface area (Å²) in [6, 6.07) is 27.3. The Kier molecular flexibility index (Phi) is 7.22. The van der Waals surface area contributed by atoms with E-state index in [1.807, 2.05) is 84.9 Å². The van der Waals surface area contributed by atoms with Crippen molar-refractivity contribution in [1.82, 2.24) is 0 Å². The van der Waals surface area contributed by atoms with Crippen LogP contribution in [0, 0.1) is 0 Å². The lowest BCUT2D eigenvalue weighted by Crippen LogP contribution is -2.42. The summed E-state index contributed by atoms with van der Waals surface area (Å²) in [6.07, 6.45) is -0.490. The number of carbonyl (C=O) groups is 1. The van der Waals surface area contributed by atoms with E-state index in [2.05, 4.69) is 0 Å². The first-order valence-electron chi connectivity index (χ1n) is 9.83. The molecule has 2 N–H and O–H groups in total. The summed E-state index contributed by atoms with van der Waals surface area (Å²) in [4.78, 5) is 12.3. The number of hydrogen-bond donors (Lipinski definition) is 1. The van der Waals surface area contributed by atoms with E-state index in [0.717, 1.165) is 22.4 Å². The van der Waals surface area contributed by atoms with Crippen molar-refractivity contribution in [2.75, 3.05) is 20.8 Å². The van der Waals surface area contributed by atoms with E-state index in [-0.39, 0.29) is 0 Å². The molecule has 1 amide bonds. The van der Waals surface area contributed by atoms with Crippen molar-refractivity contribution in [2.45, 2.75) is 18.1 Å². The van der Waals surface area contributed by atoms with Crippen molar-refractivity contribution in [2.24, 2.45) is 5.73 Å². The fraction of sp³-hybridized carbons (Fsp3) is 0.240. The summed E-state index contributed by atoms with van der Waals surface area (Å²) < 4.78 is 17.2. The molecule has 0 bridgehead atoms. The highest BCUT2D eigenvalue weighted by Crippen LogP contribution is 2.42. The third-order valence-corrected chi connectivity index (χ3v) is 5.08. The average molecular weight is 405 g/mol. The van der Waals surface area contributed by atoms with Crippen LogP contribution in [0.15, 0.2) is 84.9 Å². The van der Waals surface area contributed by atoms with Crippen LogP contribution in [0.1, 0.15) is 23.1 Å². The maximum absolute atomic E-state index is 12.3. The molecule has 0 spiro atoms. The summed E-state index contributed by atoms with van der Waals surface area (Å²) in [5.74, 6) is 0.205. The summed E-state index contributed by atoms with van der Waals surface area (Å²) in [5, 5.41) is 0. The van der Waals surface area contributed by atoms with Crippen LogP contribution in [-0.4, -0.2) is 32.8 Å². The minimum atomic E-state index is -1.04. The fourth-order valence-corrected chi connectivity index (χ4v) is 3.57. The maximum atomic E-state index is 12.3. The summed E-state index contributed by atoms with van der Waals surface area (Å²) >= 11 is 0. The third-order valence-electron chi connectivity index (χ3n) is 5.08. The molecule has 3 aromatic rings. The van der Waals surface area contributed by atoms with Gasteiger partial charge in [-0.2, -0.15) is 0 Å². The van der Waals surface area contributed by atoms with Crippen LogP contribution in [0.25, 0.3) is 0 Å². The zero-order chi connectivity index (χ0) is 21.4. The van der Waals surface area contributed by atoms with E-state index >= 15 is 0 Å². The topological polar surface area (TPSA) is 70.8 Å². The summed E-state index contributed by atoms with van der Waals surface area (Å²) in [6.45, 7) is 0.357. The highest BCUT2D eigenvalue weighted by atomic mass is 16.5. The molecule has 0 heterocycles. The lowest BCUT2D eigenvalue weighted by molar-refractivity contribution is -0.139. The summed E-state index contributed by atoms with van der Waals surface area (Å²) in [5.41, 5.74) is 7.34. The number of nitrogens with two attached hydrogens (primary N) is 1. The van der Waals surface area contributed by atoms with Gasteiger partial charge in [0.1, 0.15) is 17.5 Å². The van der Waals surface area contributed by atoms with Crippen LogP contribution in [0.2, 0.25) is 0 Å². The molecule has 0 aliphatic heterocycles. The Morgan fingerprint density at radius 2 is 1.33 bits per heavy atom. The molecule has 3 rings (SSSR count). The van der Waals surface area contributed by atoms with Gasteiger partial charge in [-0.25, -0.2) is 0 Å². The zero-order valence-electron chi connectivity index (χ0n) is 17.3. The van der Waals surface area contributed by atoms with E-state index in [0.29, 0.717) is 13.0 Å². The molecule has 0 saturated heterocycles. The quantitative estimate of drug-likeness (QED) is 0.520. The smallest absolute Gasteiger partial charge is 0.246 e. The van der Waals surface area contributed by atoms with Crippen LogP contribution in [-0.2, 0) is 19.9 Å². The number of ether oxygens (including phenoxy) is 3. The lowest BCUT2D eigenvalue weighted by Gasteiger charge is -2.38. The predicted molar refractivity (Wildman–Crippen MR) is 116 cm³/mol. The summed E-state index contributed by atoms with van der Waals surface area (Å²) in [7, 11) is 3.21. The molecule has 1 atom stereocenters. The minimum Gasteiger partial charge on any atom is -0.497 e. The Morgan fingerprint density at radius 1 is 0.833 bits per heavy atom. The Bertz CT molecular complexity index is 887. The molecule has 0 radical (unpaired) electrons. The molecule has 0 fully saturated rings. The molecular weight excluding hydrogens is 378 g/mol. The largest absolute Gasteiger partial charge is 0.497 e. The normalized spacial score (nSPS) is 12.3. The Balaban J connectivity index is 2.24. The van der Waals surface area contributed by atoms with Crippen LogP contribution in [0.5, 0.6) is 5.75 Å². The van der Waals surface area contributed by atoms with Crippen molar-refractivity contribution >= 4 is 5.91 Å². The van der Waals surface area contributed by atoms with Gasteiger partial charge in [-0.05, 0) is 28.8 Å². The van der Waals surface area contributed by atoms with Crippen molar-refractivity contribution in [3.63, 3.8) is 0 Å². The first kappa shape index (κ1) is 21.6. The van der Waals surface area contributed by atoms with Crippen molar-refractivity contribution < 1.29 is 19.0 Å². The van der Waals surface area contributed by atoms with Crippen molar-refractivity contribution in [3.05, 3.63) is 102 Å². The molecule has 156 valence electrons. The molecule has 5 heteroatoms. The van der Waals surface area contributed by atoms with Gasteiger partial charge in [0.25, 0.3) is 0 Å². The predicted octanol–water partition coefficient (Wildman–Crippen LogP) is 3.89. The van der Waals surface area contributed by atoms with Gasteiger partial charge >= 0.3 is 0 Å². The van der Waals surface area contributed by atoms with Gasteiger partial charge in [0.15, 0.2) is 0 Å². The van der Waals surface area contributed by atoms with E-state index in [4.69, 9.17) is 19.9 Å². The van der Waals surface area contributed by atoms with E-state index in [1.54, 1.807) is 14.2 Å². The Labute approximate surface area is 177 Å². The van der Waals surface area contributed by atoms with Crippen LogP contribution >= 0.6 is 0 Å². The number of carbonyl (C=O) groups excluding carboxylic acids is 1. The van der Waals surface area contributed by atoms with Crippen molar-refractivity contribution in [3.8, 4) is 5.75 Å². The second kappa shape index (κ2) is 10.1. The lowest BCUT2D eigenvalue weighted by atomic mass is 9.79. The molecule has 0 aliphatic rings. The van der Waals surface area contributed by atoms with Crippen molar-refractivity contribution in [1.29, 1.82) is 0 Å². The number of benzene rings is 3. The first-order valence-corrected chi connectivity index (χ1v) is 9.83. The van der Waals surface area contributed by atoms with Crippen LogP contribution < -0.4 is 10.5 Å². The monoisotopic (exact) mass is 405 g/mol. The minimum absolute atomic E-state index is 0.351. The second-order valence-electron chi connectivity index (χ2n) is 6.93. The number of amides is 1. The molecule has 5 nitrogen and oxygen atoms in total. The number of methoxy groups -OCH3 is 2. The van der Waals surface area contributed by atoms with Gasteiger partial charge in [-0.1, -0.05) is 72.8 Å².